The minimum atomic E-state index is 0.675. The van der Waals surface area contributed by atoms with Gasteiger partial charge in [0.25, 0.3) is 0 Å². The first-order chi connectivity index (χ1) is 8.65. The highest BCUT2D eigenvalue weighted by Gasteiger charge is 2.06. The fraction of sp³-hybridized carbons (Fsp3) is 0. The minimum Gasteiger partial charge on any atom is -0.330 e. The molecule has 0 amide bonds. The van der Waals surface area contributed by atoms with Gasteiger partial charge in [-0.15, -0.1) is 0 Å². The lowest BCUT2D eigenvalue weighted by molar-refractivity contribution is 1.06. The number of aromatic amines is 1. The summed E-state index contributed by atoms with van der Waals surface area (Å²) in [6.07, 6.45) is 0. The number of nitrogens with one attached hydrogen (secondary N) is 1. The van der Waals surface area contributed by atoms with Crippen LogP contribution in [-0.2, 0) is 0 Å². The highest BCUT2D eigenvalue weighted by atomic mass is 127. The second-order valence-electron chi connectivity index (χ2n) is 3.91. The van der Waals surface area contributed by atoms with Gasteiger partial charge in [-0.05, 0) is 71.2 Å². The van der Waals surface area contributed by atoms with Crippen LogP contribution in [0.2, 0.25) is 5.02 Å². The fourth-order valence-electron chi connectivity index (χ4n) is 1.96. The van der Waals surface area contributed by atoms with E-state index in [0.29, 0.717) is 9.79 Å². The van der Waals surface area contributed by atoms with E-state index in [-0.39, 0.29) is 0 Å². The van der Waals surface area contributed by atoms with Gasteiger partial charge >= 0.3 is 0 Å². The zero-order valence-electron chi connectivity index (χ0n) is 9.15. The zero-order chi connectivity index (χ0) is 12.7. The maximum absolute atomic E-state index is 5.99. The van der Waals surface area contributed by atoms with Gasteiger partial charge in [0.1, 0.15) is 0 Å². The van der Waals surface area contributed by atoms with Crippen LogP contribution in [0, 0.1) is 8.34 Å². The van der Waals surface area contributed by atoms with E-state index in [9.17, 15) is 0 Å². The molecule has 3 aromatic rings. The van der Waals surface area contributed by atoms with Gasteiger partial charge in [-0.25, -0.2) is 0 Å². The summed E-state index contributed by atoms with van der Waals surface area (Å²) in [5.41, 5.74) is 3.04. The van der Waals surface area contributed by atoms with Crippen molar-refractivity contribution < 1.29 is 0 Å². The first kappa shape index (κ1) is 12.2. The largest absolute Gasteiger partial charge is 0.330 e. The smallest absolute Gasteiger partial charge is 0.182 e. The number of hydrogen-bond donors (Lipinski definition) is 1. The summed E-state index contributed by atoms with van der Waals surface area (Å²) in [4.78, 5) is 3.18. The molecular weight excluding hydrogens is 379 g/mol. The molecule has 1 N–H and O–H groups in total. The van der Waals surface area contributed by atoms with E-state index in [1.807, 2.05) is 34.9 Å². The van der Waals surface area contributed by atoms with E-state index in [1.165, 1.54) is 3.57 Å². The SMILES string of the molecule is S=c1[nH]c2cc(Cl)ccc2n1-c1cccc(I)c1. The molecule has 1 heterocycles. The van der Waals surface area contributed by atoms with Crippen molar-refractivity contribution in [2.75, 3.05) is 0 Å². The third kappa shape index (κ3) is 2.08. The van der Waals surface area contributed by atoms with Crippen LogP contribution in [0.1, 0.15) is 0 Å². The second-order valence-corrected chi connectivity index (χ2v) is 5.98. The van der Waals surface area contributed by atoms with Crippen LogP contribution in [0.3, 0.4) is 0 Å². The predicted molar refractivity (Wildman–Crippen MR) is 86.2 cm³/mol. The Morgan fingerprint density at radius 1 is 1.17 bits per heavy atom. The second kappa shape index (κ2) is 4.68. The quantitative estimate of drug-likeness (QED) is 0.464. The van der Waals surface area contributed by atoms with Gasteiger partial charge in [-0.3, -0.25) is 4.57 Å². The molecule has 0 unspecified atom stereocenters. The van der Waals surface area contributed by atoms with Gasteiger partial charge in [0.15, 0.2) is 4.77 Å². The fourth-order valence-corrected chi connectivity index (χ4v) is 2.97. The van der Waals surface area contributed by atoms with Gasteiger partial charge < -0.3 is 4.98 Å². The molecule has 1 aromatic heterocycles. The average molecular weight is 387 g/mol. The van der Waals surface area contributed by atoms with Crippen molar-refractivity contribution in [2.45, 2.75) is 0 Å². The maximum Gasteiger partial charge on any atom is 0.182 e. The third-order valence-electron chi connectivity index (χ3n) is 2.71. The lowest BCUT2D eigenvalue weighted by Gasteiger charge is -2.04. The molecule has 0 aliphatic rings. The highest BCUT2D eigenvalue weighted by molar-refractivity contribution is 14.1. The summed E-state index contributed by atoms with van der Waals surface area (Å²) in [6, 6.07) is 13.9. The Labute approximate surface area is 128 Å². The molecule has 0 atom stereocenters. The predicted octanol–water partition coefficient (Wildman–Crippen LogP) is 4.95. The molecule has 0 fully saturated rings. The van der Waals surface area contributed by atoms with Crippen LogP contribution in [0.5, 0.6) is 0 Å². The third-order valence-corrected chi connectivity index (χ3v) is 3.90. The van der Waals surface area contributed by atoms with E-state index in [2.05, 4.69) is 39.7 Å². The van der Waals surface area contributed by atoms with Crippen molar-refractivity contribution in [3.05, 3.63) is 55.8 Å². The van der Waals surface area contributed by atoms with E-state index in [0.717, 1.165) is 16.7 Å². The van der Waals surface area contributed by atoms with Gasteiger partial charge in [0.05, 0.1) is 11.0 Å². The normalized spacial score (nSPS) is 11.0. The van der Waals surface area contributed by atoms with Crippen LogP contribution in [-0.4, -0.2) is 9.55 Å². The number of nitrogens with zero attached hydrogens (tertiary/aromatic N) is 1. The molecule has 0 radical (unpaired) electrons. The van der Waals surface area contributed by atoms with Crippen molar-refractivity contribution in [3.63, 3.8) is 0 Å². The molecular formula is C13H8ClIN2S. The molecule has 0 spiro atoms. The van der Waals surface area contributed by atoms with Crippen molar-refractivity contribution in [1.29, 1.82) is 0 Å². The van der Waals surface area contributed by atoms with Crippen LogP contribution in [0.4, 0.5) is 0 Å². The number of hydrogen-bond acceptors (Lipinski definition) is 1. The summed E-state index contributed by atoms with van der Waals surface area (Å²) in [5, 5.41) is 0.702. The topological polar surface area (TPSA) is 20.7 Å². The van der Waals surface area contributed by atoms with Crippen molar-refractivity contribution in [2.24, 2.45) is 0 Å². The van der Waals surface area contributed by atoms with E-state index >= 15 is 0 Å². The summed E-state index contributed by atoms with van der Waals surface area (Å²) in [7, 11) is 0. The number of aromatic nitrogens is 2. The van der Waals surface area contributed by atoms with Crippen LogP contribution in [0.15, 0.2) is 42.5 Å². The van der Waals surface area contributed by atoms with Gasteiger partial charge in [0.2, 0.25) is 0 Å². The Bertz CT molecular complexity index is 791. The minimum absolute atomic E-state index is 0.675. The first-order valence-corrected chi connectivity index (χ1v) is 7.18. The Kier molecular flexibility index (Phi) is 3.17. The molecule has 0 bridgehead atoms. The summed E-state index contributed by atoms with van der Waals surface area (Å²) in [6.45, 7) is 0. The lowest BCUT2D eigenvalue weighted by atomic mass is 10.3. The summed E-state index contributed by atoms with van der Waals surface area (Å²) in [5.74, 6) is 0. The van der Waals surface area contributed by atoms with Gasteiger partial charge in [0, 0.05) is 14.3 Å². The number of benzene rings is 2. The van der Waals surface area contributed by atoms with E-state index in [1.54, 1.807) is 0 Å². The van der Waals surface area contributed by atoms with E-state index in [4.69, 9.17) is 23.8 Å². The molecule has 5 heteroatoms. The number of fused-ring (bicyclic) bond motifs is 1. The summed E-state index contributed by atoms with van der Waals surface area (Å²) >= 11 is 13.7. The van der Waals surface area contributed by atoms with Crippen molar-refractivity contribution >= 4 is 57.4 Å². The number of H-pyrrole nitrogens is 1. The molecule has 0 saturated carbocycles. The van der Waals surface area contributed by atoms with Crippen molar-refractivity contribution in [3.8, 4) is 5.69 Å². The molecule has 0 aliphatic carbocycles. The van der Waals surface area contributed by atoms with Gasteiger partial charge in [-0.1, -0.05) is 17.7 Å². The van der Waals surface area contributed by atoms with Crippen LogP contribution in [0.25, 0.3) is 16.7 Å². The Hall–Kier alpha value is -0.850. The highest BCUT2D eigenvalue weighted by Crippen LogP contribution is 2.23. The van der Waals surface area contributed by atoms with Gasteiger partial charge in [-0.2, -0.15) is 0 Å². The van der Waals surface area contributed by atoms with Crippen LogP contribution >= 0.6 is 46.4 Å². The molecule has 2 nitrogen and oxygen atoms in total. The molecule has 3 rings (SSSR count). The Balaban J connectivity index is 2.35. The Morgan fingerprint density at radius 3 is 2.78 bits per heavy atom. The lowest BCUT2D eigenvalue weighted by Crippen LogP contribution is -1.93. The Morgan fingerprint density at radius 2 is 2.00 bits per heavy atom. The first-order valence-electron chi connectivity index (χ1n) is 5.31. The number of rotatable bonds is 1. The van der Waals surface area contributed by atoms with E-state index < -0.39 is 0 Å². The maximum atomic E-state index is 5.99. The molecule has 90 valence electrons. The standard InChI is InChI=1S/C13H8ClIN2S/c14-8-4-5-12-11(6-8)16-13(18)17(12)10-3-1-2-9(15)7-10/h1-7H,(H,16,18). The molecule has 0 aliphatic heterocycles. The van der Waals surface area contributed by atoms with Crippen molar-refractivity contribution in [1.82, 2.24) is 9.55 Å². The monoisotopic (exact) mass is 386 g/mol. The number of halogens is 2. The zero-order valence-corrected chi connectivity index (χ0v) is 12.9. The number of imidazole rings is 1. The molecule has 18 heavy (non-hydrogen) atoms. The average Bonchev–Trinajstić information content (AvgIpc) is 2.64. The molecule has 0 saturated heterocycles. The molecule has 2 aromatic carbocycles. The van der Waals surface area contributed by atoms with Crippen LogP contribution < -0.4 is 0 Å². The summed E-state index contributed by atoms with van der Waals surface area (Å²) < 4.78 is 3.87.